The van der Waals surface area contributed by atoms with E-state index in [0.717, 1.165) is 129 Å². The number of Topliss-reactive ketones (excluding diaryl/α,β-unsaturated/α-hetero) is 3. The van der Waals surface area contributed by atoms with Crippen LogP contribution in [0.3, 0.4) is 0 Å². The molecule has 16 nitrogen and oxygen atoms in total. The van der Waals surface area contributed by atoms with Crippen molar-refractivity contribution in [2.75, 3.05) is 47.1 Å². The van der Waals surface area contributed by atoms with Gasteiger partial charge in [-0.25, -0.2) is 0 Å². The summed E-state index contributed by atoms with van der Waals surface area (Å²) >= 11 is 9.84. The fourth-order valence-electron chi connectivity index (χ4n) is 21.9. The number of alkyl halides is 4. The van der Waals surface area contributed by atoms with Crippen LogP contribution in [0.5, 0.6) is 0 Å². The number of H-pyrrole nitrogens is 1. The molecule has 5 N–H and O–H groups in total. The van der Waals surface area contributed by atoms with E-state index in [0.29, 0.717) is 87.2 Å². The normalized spacial score (nSPS) is 43.5. The van der Waals surface area contributed by atoms with Crippen molar-refractivity contribution in [1.82, 2.24) is 20.0 Å². The molecule has 9 aliphatic carbocycles. The fourth-order valence-corrected chi connectivity index (χ4v) is 22.3. The van der Waals surface area contributed by atoms with Crippen LogP contribution in [0.1, 0.15) is 194 Å². The molecule has 9 saturated carbocycles. The monoisotopic (exact) mass is 1680 g/mol. The lowest BCUT2D eigenvalue weighted by Crippen LogP contribution is -2.55. The van der Waals surface area contributed by atoms with E-state index in [9.17, 15) is 29.7 Å². The topological polar surface area (TPSA) is 254 Å². The van der Waals surface area contributed by atoms with Crippen molar-refractivity contribution in [2.45, 2.75) is 225 Å². The van der Waals surface area contributed by atoms with E-state index < -0.39 is 16.8 Å². The van der Waals surface area contributed by atoms with Crippen LogP contribution in [0.4, 0.5) is 0 Å². The summed E-state index contributed by atoms with van der Waals surface area (Å²) in [6.07, 6.45) is 29.1. The summed E-state index contributed by atoms with van der Waals surface area (Å²) in [6, 6.07) is 3.99. The van der Waals surface area contributed by atoms with Crippen molar-refractivity contribution in [3.05, 3.63) is 35.9 Å². The molecule has 3 aliphatic heterocycles. The highest BCUT2D eigenvalue weighted by atomic mass is 127. The van der Waals surface area contributed by atoms with E-state index in [1.54, 1.807) is 24.0 Å². The number of hydrogen-bond donors (Lipinski definition) is 5. The standard InChI is InChI=1S/C24H33N3O3.C20H31BrO3.C20H32O3.C4H3N3.3CH3I.CH4O/c1-23(29)7-5-17-16-6-8-24(2)19(18(16)14-30-22(17)9-23)3-4-20(24)21(28)13-27-12-15(10-25)11-26-27;1-19(23)7-5-13-12-6-8-20(2)15(3-4-16(20)17(22)10-21)14(12)11-24-18(13)9-19;1-12(21)16-4-5-17-15-11-23-18-10-19(2,22)8-6-14(18)13(15)7-9-20(16,17)3;5-1-4-2-6-7-3-4;4*1-2/h11-12,16-20,22,29H,3-9,13-14H2,1-2H3;12-16,18,23H,3-11H2,1-2H3;13-18,22H,4-11H2,1-3H3;2-3H,(H,6,7);3*1H3;2H,1H3/t16-,17-,18-,19+,20-,22+,23-,24+;12-,13-,14-,15+,16-,18+,19-,20+;13-,14-,15-,16-,17+,18+,19-,20-;;;;;/m111...../s1. The molecule has 0 spiro atoms. The SMILES string of the molecule is CC(=O)[C@H]1CC[C@H]2[C@@H]3CO[C@H]4C[C@](C)(O)CC[C@@H]4[C@H]3CC[C@]12C.CI.CI.CI.CO.C[C@@]1(O)CC[C@@H]2[C@H]3CC[C@]4(C)[C@@H](C(=O)CBr)CC[C@H]4[C@@H]3CO[C@H]2C1.C[C@@]1(O)CC[C@@H]2[C@H]3CC[C@]4(C)[C@@H](C(=O)Cn5cc(C#N)cn5)CC[C@H]4[C@@H]3CO[C@H]2C1.N#Cc1cn[nH]c1. The molecule has 12 aliphatic rings. The second-order valence-corrected chi connectivity index (χ2v) is 31.5. The van der Waals surface area contributed by atoms with Gasteiger partial charge in [-0.15, -0.1) is 0 Å². The Morgan fingerprint density at radius 2 is 0.902 bits per heavy atom. The molecular weight excluding hydrogens is 1570 g/mol. The Morgan fingerprint density at radius 3 is 1.23 bits per heavy atom. The van der Waals surface area contributed by atoms with E-state index in [1.807, 2.05) is 41.6 Å². The summed E-state index contributed by atoms with van der Waals surface area (Å²) in [7, 11) is 1.00. The van der Waals surface area contributed by atoms with Crippen LogP contribution in [0.2, 0.25) is 0 Å². The predicted molar refractivity (Wildman–Crippen MR) is 387 cm³/mol. The first-order valence-electron chi connectivity index (χ1n) is 34.4. The highest BCUT2D eigenvalue weighted by Crippen LogP contribution is 2.66. The van der Waals surface area contributed by atoms with Gasteiger partial charge in [0.1, 0.15) is 23.7 Å². The molecule has 0 radical (unpaired) electrons. The number of ether oxygens (including phenoxy) is 3. The van der Waals surface area contributed by atoms with Gasteiger partial charge in [0.15, 0.2) is 5.78 Å². The summed E-state index contributed by atoms with van der Waals surface area (Å²) in [5, 5.41) is 66.1. The number of aromatic amines is 1. The smallest absolute Gasteiger partial charge is 0.157 e. The third-order valence-electron chi connectivity index (χ3n) is 26.1. The molecule has 2 aromatic heterocycles. The minimum atomic E-state index is -0.583. The molecule has 5 heterocycles. The minimum absolute atomic E-state index is 0.0415. The zero-order chi connectivity index (χ0) is 67.7. The van der Waals surface area contributed by atoms with Crippen LogP contribution in [-0.2, 0) is 35.1 Å². The third kappa shape index (κ3) is 16.8. The van der Waals surface area contributed by atoms with Crippen LogP contribution in [0.15, 0.2) is 24.8 Å². The zero-order valence-electron chi connectivity index (χ0n) is 57.1. The van der Waals surface area contributed by atoms with Crippen molar-refractivity contribution in [2.24, 2.45) is 105 Å². The first-order valence-corrected chi connectivity index (χ1v) is 42.0. The van der Waals surface area contributed by atoms with Crippen molar-refractivity contribution in [1.29, 1.82) is 10.5 Å². The summed E-state index contributed by atoms with van der Waals surface area (Å²) < 4.78 is 20.6. The fraction of sp³-hybridized carbons (Fsp3) is 0.847. The Labute approximate surface area is 600 Å². The van der Waals surface area contributed by atoms with Crippen LogP contribution in [-0.4, -0.2) is 140 Å². The number of halogens is 4. The van der Waals surface area contributed by atoms with E-state index in [-0.39, 0.29) is 64.6 Å². The second kappa shape index (κ2) is 33.8. The Balaban J connectivity index is 0.000000178. The molecule has 0 bridgehead atoms. The molecule has 24 atom stereocenters. The Morgan fingerprint density at radius 1 is 0.543 bits per heavy atom. The lowest BCUT2D eigenvalue weighted by atomic mass is 9.53. The second-order valence-electron chi connectivity index (χ2n) is 31.0. The van der Waals surface area contributed by atoms with E-state index in [1.165, 1.54) is 57.3 Å². The average Bonchev–Trinajstić information content (AvgIpc) is 1.44. The number of aromatic nitrogens is 4. The predicted octanol–water partition coefficient (Wildman–Crippen LogP) is 13.9. The summed E-state index contributed by atoms with van der Waals surface area (Å²) in [5.74, 6) is 9.32. The number of carbonyl (C=O) groups excluding carboxylic acids is 3. The van der Waals surface area contributed by atoms with Crippen molar-refractivity contribution >= 4 is 101 Å². The van der Waals surface area contributed by atoms with Crippen molar-refractivity contribution < 1.29 is 49.0 Å². The molecule has 20 heteroatoms. The molecule has 92 heavy (non-hydrogen) atoms. The van der Waals surface area contributed by atoms with Crippen molar-refractivity contribution in [3.63, 3.8) is 0 Å². The number of fused-ring (bicyclic) bond motifs is 15. The first kappa shape index (κ1) is 78.1. The van der Waals surface area contributed by atoms with Crippen LogP contribution >= 0.6 is 83.7 Å². The molecule has 12 fully saturated rings. The van der Waals surface area contributed by atoms with Crippen LogP contribution in [0, 0.1) is 128 Å². The number of nitriles is 2. The number of nitrogens with zero attached hydrogens (tertiary/aromatic N) is 5. The Bertz CT molecular complexity index is 2790. The van der Waals surface area contributed by atoms with Gasteiger partial charge in [0, 0.05) is 56.5 Å². The molecule has 0 unspecified atom stereocenters. The Hall–Kier alpha value is -1.20. The molecule has 3 saturated heterocycles. The third-order valence-corrected chi connectivity index (χ3v) is 26.7. The highest BCUT2D eigenvalue weighted by Gasteiger charge is 2.62. The van der Waals surface area contributed by atoms with Crippen LogP contribution in [0.25, 0.3) is 0 Å². The van der Waals surface area contributed by atoms with E-state index in [2.05, 4.69) is 126 Å². The van der Waals surface area contributed by atoms with Gasteiger partial charge < -0.3 is 34.6 Å². The highest BCUT2D eigenvalue weighted by molar-refractivity contribution is 14.1. The lowest BCUT2D eigenvalue weighted by molar-refractivity contribution is -0.183. The summed E-state index contributed by atoms with van der Waals surface area (Å²) in [5.41, 5.74) is -0.160. The summed E-state index contributed by atoms with van der Waals surface area (Å²) in [6.45, 7) is 17.5. The zero-order valence-corrected chi connectivity index (χ0v) is 65.1. The number of nitrogens with one attached hydrogen (secondary N) is 1. The number of aliphatic hydroxyl groups is 4. The van der Waals surface area contributed by atoms with Crippen molar-refractivity contribution in [3.8, 4) is 12.1 Å². The molecule has 14 rings (SSSR count). The summed E-state index contributed by atoms with van der Waals surface area (Å²) in [4.78, 5) is 43.7. The van der Waals surface area contributed by atoms with Gasteiger partial charge >= 0.3 is 0 Å². The van der Waals surface area contributed by atoms with Gasteiger partial charge in [-0.2, -0.15) is 20.7 Å². The van der Waals surface area contributed by atoms with Gasteiger partial charge in [-0.1, -0.05) is 104 Å². The quantitative estimate of drug-likeness (QED) is 0.133. The number of ketones is 3. The molecule has 0 amide bonds. The largest absolute Gasteiger partial charge is 0.400 e. The van der Waals surface area contributed by atoms with Gasteiger partial charge in [-0.3, -0.25) is 24.2 Å². The minimum Gasteiger partial charge on any atom is -0.400 e. The van der Waals surface area contributed by atoms with E-state index >= 15 is 0 Å². The van der Waals surface area contributed by atoms with Gasteiger partial charge in [0.25, 0.3) is 0 Å². The van der Waals surface area contributed by atoms with Gasteiger partial charge in [0.2, 0.25) is 0 Å². The van der Waals surface area contributed by atoms with Gasteiger partial charge in [-0.05, 0) is 245 Å². The molecular formula is C72H112BrI3N6O10. The average molecular weight is 1680 g/mol. The number of carbonyl (C=O) groups is 3. The maximum absolute atomic E-state index is 13.2. The first-order chi connectivity index (χ1) is 43.9. The molecule has 518 valence electrons. The maximum Gasteiger partial charge on any atom is 0.157 e. The number of rotatable bonds is 6. The Kier molecular flexibility index (Phi) is 28.7. The molecule has 0 aromatic carbocycles. The van der Waals surface area contributed by atoms with Crippen LogP contribution < -0.4 is 0 Å². The van der Waals surface area contributed by atoms with E-state index in [4.69, 9.17) is 29.8 Å². The number of aliphatic hydroxyl groups excluding tert-OH is 1. The lowest BCUT2D eigenvalue weighted by Gasteiger charge is -2.56. The maximum atomic E-state index is 13.2. The van der Waals surface area contributed by atoms with Gasteiger partial charge in [0.05, 0.1) is 90.3 Å². The number of hydrogen-bond acceptors (Lipinski definition) is 14. The molecule has 2 aromatic rings.